The van der Waals surface area contributed by atoms with Gasteiger partial charge in [0, 0.05) is 17.8 Å². The molecule has 4 nitrogen and oxygen atoms in total. The van der Waals surface area contributed by atoms with Crippen molar-refractivity contribution in [2.24, 2.45) is 16.9 Å². The van der Waals surface area contributed by atoms with Crippen molar-refractivity contribution in [3.05, 3.63) is 30.1 Å². The molecule has 0 radical (unpaired) electrons. The second-order valence-corrected chi connectivity index (χ2v) is 3.56. The van der Waals surface area contributed by atoms with Crippen LogP contribution in [0.3, 0.4) is 0 Å². The Morgan fingerprint density at radius 3 is 2.86 bits per heavy atom. The van der Waals surface area contributed by atoms with Gasteiger partial charge in [-0.15, -0.1) is 0 Å². The minimum absolute atomic E-state index is 0.229. The Hall–Kier alpha value is -1.42. The zero-order valence-corrected chi connectivity index (χ0v) is 7.80. The molecule has 1 aliphatic carbocycles. The van der Waals surface area contributed by atoms with Crippen LogP contribution >= 0.6 is 0 Å². The molecular weight excluding hydrogens is 178 g/mol. The quantitative estimate of drug-likeness (QED) is 0.537. The highest BCUT2D eigenvalue weighted by atomic mass is 16.3. The maximum atomic E-state index is 9.90. The summed E-state index contributed by atoms with van der Waals surface area (Å²) in [6.45, 7) is 0. The lowest BCUT2D eigenvalue weighted by atomic mass is 9.78. The van der Waals surface area contributed by atoms with Gasteiger partial charge < -0.3 is 10.9 Å². The van der Waals surface area contributed by atoms with E-state index in [1.54, 1.807) is 6.20 Å². The topological polar surface area (TPSA) is 71.5 Å². The van der Waals surface area contributed by atoms with Gasteiger partial charge in [-0.3, -0.25) is 4.98 Å². The smallest absolute Gasteiger partial charge is 0.0995 e. The average molecular weight is 191 g/mol. The standard InChI is InChI=1S/C10H13N3O/c11-13-8-5-7(6-8)10(14)9-3-1-2-4-12-9/h1-4,7,10,14H,5-6,11H2/t7?,10-/m1/s1. The molecule has 0 amide bonds. The minimum Gasteiger partial charge on any atom is -0.386 e. The zero-order chi connectivity index (χ0) is 9.97. The Morgan fingerprint density at radius 1 is 1.50 bits per heavy atom. The Kier molecular flexibility index (Phi) is 2.45. The van der Waals surface area contributed by atoms with Gasteiger partial charge in [0.15, 0.2) is 0 Å². The summed E-state index contributed by atoms with van der Waals surface area (Å²) in [6, 6.07) is 5.55. The second kappa shape index (κ2) is 3.75. The first-order valence-corrected chi connectivity index (χ1v) is 4.66. The summed E-state index contributed by atoms with van der Waals surface area (Å²) < 4.78 is 0. The number of nitrogens with zero attached hydrogens (tertiary/aromatic N) is 2. The third-order valence-corrected chi connectivity index (χ3v) is 2.62. The molecule has 1 atom stereocenters. The fourth-order valence-corrected chi connectivity index (χ4v) is 1.67. The van der Waals surface area contributed by atoms with E-state index < -0.39 is 6.10 Å². The van der Waals surface area contributed by atoms with Gasteiger partial charge in [-0.05, 0) is 25.0 Å². The second-order valence-electron chi connectivity index (χ2n) is 3.56. The highest BCUT2D eigenvalue weighted by Crippen LogP contribution is 2.34. The van der Waals surface area contributed by atoms with Crippen molar-refractivity contribution in [1.29, 1.82) is 0 Å². The van der Waals surface area contributed by atoms with Crippen molar-refractivity contribution in [2.75, 3.05) is 0 Å². The van der Waals surface area contributed by atoms with E-state index in [0.29, 0.717) is 0 Å². The van der Waals surface area contributed by atoms with Gasteiger partial charge in [-0.2, -0.15) is 5.10 Å². The predicted molar refractivity (Wildman–Crippen MR) is 53.5 cm³/mol. The van der Waals surface area contributed by atoms with Crippen molar-refractivity contribution in [3.63, 3.8) is 0 Å². The molecule has 1 saturated carbocycles. The van der Waals surface area contributed by atoms with E-state index in [1.807, 2.05) is 18.2 Å². The van der Waals surface area contributed by atoms with Crippen molar-refractivity contribution in [1.82, 2.24) is 4.98 Å². The molecule has 0 unspecified atom stereocenters. The maximum absolute atomic E-state index is 9.90. The summed E-state index contributed by atoms with van der Waals surface area (Å²) in [4.78, 5) is 4.11. The fraction of sp³-hybridized carbons (Fsp3) is 0.400. The van der Waals surface area contributed by atoms with Crippen molar-refractivity contribution >= 4 is 5.71 Å². The van der Waals surface area contributed by atoms with E-state index >= 15 is 0 Å². The summed E-state index contributed by atoms with van der Waals surface area (Å²) in [5.74, 6) is 5.35. The fourth-order valence-electron chi connectivity index (χ4n) is 1.67. The van der Waals surface area contributed by atoms with Crippen molar-refractivity contribution < 1.29 is 5.11 Å². The van der Waals surface area contributed by atoms with Gasteiger partial charge >= 0.3 is 0 Å². The lowest BCUT2D eigenvalue weighted by molar-refractivity contribution is 0.0980. The van der Waals surface area contributed by atoms with Crippen LogP contribution in [0.2, 0.25) is 0 Å². The number of hydrazone groups is 1. The number of rotatable bonds is 2. The molecule has 0 spiro atoms. The van der Waals surface area contributed by atoms with Crippen LogP contribution in [0.1, 0.15) is 24.6 Å². The van der Waals surface area contributed by atoms with Crippen molar-refractivity contribution in [3.8, 4) is 0 Å². The van der Waals surface area contributed by atoms with E-state index in [2.05, 4.69) is 10.1 Å². The first-order valence-electron chi connectivity index (χ1n) is 4.66. The number of nitrogens with two attached hydrogens (primary N) is 1. The van der Waals surface area contributed by atoms with Crippen LogP contribution in [0.25, 0.3) is 0 Å². The highest BCUT2D eigenvalue weighted by molar-refractivity contribution is 5.90. The molecular formula is C10H13N3O. The molecule has 3 N–H and O–H groups in total. The number of hydrogen-bond acceptors (Lipinski definition) is 4. The predicted octanol–water partition coefficient (Wildman–Crippen LogP) is 0.840. The summed E-state index contributed by atoms with van der Waals surface area (Å²) in [5.41, 5.74) is 1.71. The molecule has 2 rings (SSSR count). The number of aliphatic hydroxyl groups is 1. The molecule has 0 aliphatic heterocycles. The highest BCUT2D eigenvalue weighted by Gasteiger charge is 2.32. The molecule has 1 fully saturated rings. The Labute approximate surface area is 82.5 Å². The average Bonchev–Trinajstić information content (AvgIpc) is 2.17. The third-order valence-electron chi connectivity index (χ3n) is 2.62. The first-order chi connectivity index (χ1) is 6.81. The van der Waals surface area contributed by atoms with Gasteiger partial charge in [-0.1, -0.05) is 6.07 Å². The lowest BCUT2D eigenvalue weighted by Gasteiger charge is -2.31. The number of hydrogen-bond donors (Lipinski definition) is 2. The minimum atomic E-state index is -0.485. The van der Waals surface area contributed by atoms with E-state index in [-0.39, 0.29) is 5.92 Å². The van der Waals surface area contributed by atoms with Crippen LogP contribution < -0.4 is 5.84 Å². The van der Waals surface area contributed by atoms with E-state index in [0.717, 1.165) is 24.2 Å². The van der Waals surface area contributed by atoms with E-state index in [9.17, 15) is 5.11 Å². The molecule has 0 saturated heterocycles. The van der Waals surface area contributed by atoms with Crippen LogP contribution in [-0.4, -0.2) is 15.8 Å². The molecule has 1 aliphatic rings. The molecule has 1 aromatic heterocycles. The monoisotopic (exact) mass is 191 g/mol. The van der Waals surface area contributed by atoms with Gasteiger partial charge in [0.25, 0.3) is 0 Å². The molecule has 0 aromatic carbocycles. The first kappa shape index (κ1) is 9.15. The number of pyridine rings is 1. The van der Waals surface area contributed by atoms with Crippen LogP contribution in [0.5, 0.6) is 0 Å². The molecule has 1 aromatic rings. The normalized spacial score (nSPS) is 22.6. The Morgan fingerprint density at radius 2 is 2.29 bits per heavy atom. The third kappa shape index (κ3) is 1.61. The Bertz CT molecular complexity index is 328. The van der Waals surface area contributed by atoms with Crippen molar-refractivity contribution in [2.45, 2.75) is 18.9 Å². The van der Waals surface area contributed by atoms with Gasteiger partial charge in [-0.25, -0.2) is 0 Å². The summed E-state index contributed by atoms with van der Waals surface area (Å²) in [6.07, 6.45) is 2.78. The van der Waals surface area contributed by atoms with Crippen LogP contribution in [0, 0.1) is 5.92 Å². The summed E-state index contributed by atoms with van der Waals surface area (Å²) in [7, 11) is 0. The van der Waals surface area contributed by atoms with Crippen LogP contribution in [0.15, 0.2) is 29.5 Å². The lowest BCUT2D eigenvalue weighted by Crippen LogP contribution is -2.30. The van der Waals surface area contributed by atoms with Crippen LogP contribution in [-0.2, 0) is 0 Å². The van der Waals surface area contributed by atoms with Gasteiger partial charge in [0.2, 0.25) is 0 Å². The maximum Gasteiger partial charge on any atom is 0.0995 e. The summed E-state index contributed by atoms with van der Waals surface area (Å²) in [5, 5.41) is 13.5. The SMILES string of the molecule is NN=C1CC([C@@H](O)c2ccccn2)C1. The Balaban J connectivity index is 2.01. The van der Waals surface area contributed by atoms with Gasteiger partial charge in [0.1, 0.15) is 0 Å². The van der Waals surface area contributed by atoms with E-state index in [1.165, 1.54) is 0 Å². The number of aromatic nitrogens is 1. The molecule has 14 heavy (non-hydrogen) atoms. The van der Waals surface area contributed by atoms with Crippen LogP contribution in [0.4, 0.5) is 0 Å². The molecule has 0 bridgehead atoms. The zero-order valence-electron chi connectivity index (χ0n) is 7.80. The number of aliphatic hydroxyl groups excluding tert-OH is 1. The summed E-state index contributed by atoms with van der Waals surface area (Å²) >= 11 is 0. The van der Waals surface area contributed by atoms with E-state index in [4.69, 9.17) is 5.84 Å². The van der Waals surface area contributed by atoms with Gasteiger partial charge in [0.05, 0.1) is 11.8 Å². The molecule has 1 heterocycles. The molecule has 74 valence electrons. The molecule has 4 heteroatoms. The largest absolute Gasteiger partial charge is 0.386 e.